The third kappa shape index (κ3) is 4.26. The summed E-state index contributed by atoms with van der Waals surface area (Å²) in [5, 5.41) is 0. The van der Waals surface area contributed by atoms with Crippen molar-refractivity contribution in [2.75, 3.05) is 0 Å². The van der Waals surface area contributed by atoms with Crippen LogP contribution in [0.15, 0.2) is 12.2 Å². The second-order valence-electron chi connectivity index (χ2n) is 4.91. The van der Waals surface area contributed by atoms with E-state index in [0.29, 0.717) is 12.3 Å². The van der Waals surface area contributed by atoms with Crippen molar-refractivity contribution in [1.29, 1.82) is 0 Å². The van der Waals surface area contributed by atoms with Gasteiger partial charge in [-0.1, -0.05) is 31.4 Å². The first-order chi connectivity index (χ1) is 8.60. The van der Waals surface area contributed by atoms with Crippen LogP contribution in [0.2, 0.25) is 0 Å². The predicted octanol–water partition coefficient (Wildman–Crippen LogP) is 2.33. The fourth-order valence-electron chi connectivity index (χ4n) is 2.37. The molecule has 0 aromatic rings. The highest BCUT2D eigenvalue weighted by Crippen LogP contribution is 2.35. The Morgan fingerprint density at radius 2 is 2.11 bits per heavy atom. The van der Waals surface area contributed by atoms with Gasteiger partial charge in [-0.2, -0.15) is 0 Å². The minimum atomic E-state index is -0.392. The van der Waals surface area contributed by atoms with Crippen LogP contribution in [-0.4, -0.2) is 11.8 Å². The van der Waals surface area contributed by atoms with Gasteiger partial charge in [-0.3, -0.25) is 13.1 Å². The smallest absolute Gasteiger partial charge is 0.232 e. The van der Waals surface area contributed by atoms with Crippen molar-refractivity contribution >= 4 is 34.7 Å². The van der Waals surface area contributed by atoms with Gasteiger partial charge >= 0.3 is 0 Å². The van der Waals surface area contributed by atoms with Gasteiger partial charge in [-0.05, 0) is 25.7 Å². The normalized spacial score (nSPS) is 19.2. The van der Waals surface area contributed by atoms with E-state index in [2.05, 4.69) is 3.53 Å². The van der Waals surface area contributed by atoms with Crippen molar-refractivity contribution in [3.8, 4) is 0 Å². The molecule has 1 aliphatic carbocycles. The number of carbonyl (C=O) groups excluding carboxylic acids is 2. The predicted molar refractivity (Wildman–Crippen MR) is 79.7 cm³/mol. The van der Waals surface area contributed by atoms with Gasteiger partial charge in [0.15, 0.2) is 0 Å². The van der Waals surface area contributed by atoms with Crippen LogP contribution in [0.25, 0.3) is 0 Å². The van der Waals surface area contributed by atoms with Crippen molar-refractivity contribution < 1.29 is 9.59 Å². The molecule has 4 nitrogen and oxygen atoms in total. The zero-order valence-electron chi connectivity index (χ0n) is 10.7. The summed E-state index contributed by atoms with van der Waals surface area (Å²) in [6, 6.07) is 0. The molecule has 2 amide bonds. The van der Waals surface area contributed by atoms with E-state index in [0.717, 1.165) is 6.42 Å². The maximum absolute atomic E-state index is 11.9. The summed E-state index contributed by atoms with van der Waals surface area (Å²) in [6.45, 7) is 1.90. The van der Waals surface area contributed by atoms with E-state index in [1.807, 2.05) is 41.9 Å². The molecule has 0 saturated heterocycles. The lowest BCUT2D eigenvalue weighted by molar-refractivity contribution is -0.132. The first-order valence-electron chi connectivity index (χ1n) is 6.41. The quantitative estimate of drug-likeness (QED) is 0.414. The molecule has 102 valence electrons. The van der Waals surface area contributed by atoms with Gasteiger partial charge in [0.2, 0.25) is 11.8 Å². The molecule has 1 aliphatic rings. The Labute approximate surface area is 122 Å². The summed E-state index contributed by atoms with van der Waals surface area (Å²) in [7, 11) is 0. The van der Waals surface area contributed by atoms with Crippen molar-refractivity contribution in [2.24, 2.45) is 23.5 Å². The molecule has 2 atom stereocenters. The van der Waals surface area contributed by atoms with Crippen molar-refractivity contribution in [3.63, 3.8) is 0 Å². The zero-order valence-corrected chi connectivity index (χ0v) is 12.9. The third-order valence-electron chi connectivity index (χ3n) is 3.72. The largest absolute Gasteiger partial charge is 0.369 e. The molecule has 0 aliphatic heterocycles. The lowest BCUT2D eigenvalue weighted by atomic mass is 9.74. The molecule has 0 aromatic carbocycles. The first kappa shape index (κ1) is 15.5. The fraction of sp³-hybridized carbons (Fsp3) is 0.692. The summed E-state index contributed by atoms with van der Waals surface area (Å²) >= 11 is 1.83. The number of nitrogens with one attached hydrogen (secondary N) is 1. The van der Waals surface area contributed by atoms with Crippen LogP contribution in [0.1, 0.15) is 39.0 Å². The molecule has 3 N–H and O–H groups in total. The molecule has 5 heteroatoms. The molecular formula is C13H21IN2O2. The van der Waals surface area contributed by atoms with E-state index in [-0.39, 0.29) is 17.7 Å². The van der Waals surface area contributed by atoms with Gasteiger partial charge in [-0.15, -0.1) is 0 Å². The number of amides is 2. The molecule has 0 aromatic heterocycles. The number of hydrogen-bond donors (Lipinski definition) is 2. The van der Waals surface area contributed by atoms with Gasteiger partial charge in [0.25, 0.3) is 0 Å². The van der Waals surface area contributed by atoms with Gasteiger partial charge in [0, 0.05) is 0 Å². The first-order valence-corrected chi connectivity index (χ1v) is 7.49. The highest BCUT2D eigenvalue weighted by Gasteiger charge is 2.34. The Hall–Kier alpha value is -0.590. The molecule has 1 unspecified atom stereocenters. The molecule has 0 radical (unpaired) electrons. The van der Waals surface area contributed by atoms with Crippen molar-refractivity contribution in [3.05, 3.63) is 12.2 Å². The Morgan fingerprint density at radius 3 is 2.50 bits per heavy atom. The Morgan fingerprint density at radius 1 is 1.44 bits per heavy atom. The number of primary amides is 1. The lowest BCUT2D eigenvalue weighted by Gasteiger charge is -2.31. The Kier molecular flexibility index (Phi) is 6.67. The summed E-state index contributed by atoms with van der Waals surface area (Å²) in [4.78, 5) is 23.5. The topological polar surface area (TPSA) is 72.2 Å². The van der Waals surface area contributed by atoms with Crippen LogP contribution < -0.4 is 9.26 Å². The van der Waals surface area contributed by atoms with E-state index in [9.17, 15) is 9.59 Å². The summed E-state index contributed by atoms with van der Waals surface area (Å²) in [5.41, 5.74) is 5.45. The molecule has 0 spiro atoms. The van der Waals surface area contributed by atoms with Gasteiger partial charge in [0.1, 0.15) is 0 Å². The summed E-state index contributed by atoms with van der Waals surface area (Å²) in [6.07, 6.45) is 8.69. The number of carbonyl (C=O) groups is 2. The van der Waals surface area contributed by atoms with Crippen LogP contribution in [0.5, 0.6) is 0 Å². The second-order valence-corrected chi connectivity index (χ2v) is 5.45. The zero-order chi connectivity index (χ0) is 13.5. The Balaban J connectivity index is 2.74. The number of nitrogens with two attached hydrogens (primary N) is 1. The number of hydrogen-bond acceptors (Lipinski definition) is 2. The van der Waals surface area contributed by atoms with E-state index in [1.165, 1.54) is 19.3 Å². The van der Waals surface area contributed by atoms with E-state index in [1.54, 1.807) is 0 Å². The van der Waals surface area contributed by atoms with Gasteiger partial charge in [-0.25, -0.2) is 0 Å². The standard InChI is InChI=1S/C13H21IN2O2/c1-2-3-7-10(12(15)17)11(13(18)16-14)8-9-5-4-6-9/h2-3,9-11H,4-8H2,1H3,(H2,15,17)(H,16,18)/b3-2+/t10-,11?/m0/s1. The van der Waals surface area contributed by atoms with Crippen LogP contribution in [0, 0.1) is 17.8 Å². The minimum absolute atomic E-state index is 0.0733. The van der Waals surface area contributed by atoms with Gasteiger partial charge < -0.3 is 5.73 Å². The molecule has 0 heterocycles. The third-order valence-corrected chi connectivity index (χ3v) is 4.25. The molecule has 1 fully saturated rings. The minimum Gasteiger partial charge on any atom is -0.369 e. The van der Waals surface area contributed by atoms with Crippen molar-refractivity contribution in [2.45, 2.75) is 39.0 Å². The van der Waals surface area contributed by atoms with E-state index < -0.39 is 5.92 Å². The monoisotopic (exact) mass is 364 g/mol. The van der Waals surface area contributed by atoms with Gasteiger partial charge in [0.05, 0.1) is 34.7 Å². The molecule has 1 rings (SSSR count). The van der Waals surface area contributed by atoms with E-state index in [4.69, 9.17) is 5.73 Å². The molecule has 0 bridgehead atoms. The van der Waals surface area contributed by atoms with Crippen LogP contribution in [0.4, 0.5) is 0 Å². The molecule has 18 heavy (non-hydrogen) atoms. The fourth-order valence-corrected chi connectivity index (χ4v) is 2.77. The maximum atomic E-state index is 11.9. The van der Waals surface area contributed by atoms with Crippen molar-refractivity contribution in [1.82, 2.24) is 3.53 Å². The number of rotatable bonds is 7. The highest BCUT2D eigenvalue weighted by molar-refractivity contribution is 14.1. The van der Waals surface area contributed by atoms with Crippen LogP contribution in [-0.2, 0) is 9.59 Å². The molecular weight excluding hydrogens is 343 g/mol. The second kappa shape index (κ2) is 7.76. The maximum Gasteiger partial charge on any atom is 0.232 e. The average Bonchev–Trinajstić information content (AvgIpc) is 2.29. The average molecular weight is 364 g/mol. The number of allylic oxidation sites excluding steroid dienone is 2. The molecule has 1 saturated carbocycles. The van der Waals surface area contributed by atoms with Crippen LogP contribution >= 0.6 is 22.9 Å². The van der Waals surface area contributed by atoms with E-state index >= 15 is 0 Å². The SMILES string of the molecule is C/C=C/C[C@H](C(N)=O)C(CC1CCC1)C(=O)NI. The summed E-state index contributed by atoms with van der Waals surface area (Å²) < 4.78 is 2.63. The highest BCUT2D eigenvalue weighted by atomic mass is 127. The Bertz CT molecular complexity index is 327. The number of halogens is 1. The summed E-state index contributed by atoms with van der Waals surface area (Å²) in [5.74, 6) is -0.554. The lowest BCUT2D eigenvalue weighted by Crippen LogP contribution is -2.39. The van der Waals surface area contributed by atoms with Crippen LogP contribution in [0.3, 0.4) is 0 Å².